The van der Waals surface area contributed by atoms with Gasteiger partial charge in [0.15, 0.2) is 5.22 Å². The Morgan fingerprint density at radius 1 is 1.13 bits per heavy atom. The average Bonchev–Trinajstić information content (AvgIpc) is 2.78. The van der Waals surface area contributed by atoms with Gasteiger partial charge in [0.2, 0.25) is 0 Å². The first-order valence-corrected chi connectivity index (χ1v) is 5.07. The van der Waals surface area contributed by atoms with Crippen molar-refractivity contribution in [2.45, 2.75) is 13.0 Å². The van der Waals surface area contributed by atoms with Gasteiger partial charge in [0.05, 0.1) is 0 Å². The molecule has 1 N–H and O–H groups in total. The van der Waals surface area contributed by atoms with Crippen LogP contribution in [0, 0.1) is 6.92 Å². The van der Waals surface area contributed by atoms with E-state index < -0.39 is 0 Å². The Hall–Kier alpha value is -1.19. The first-order valence-electron chi connectivity index (χ1n) is 4.69. The summed E-state index contributed by atoms with van der Waals surface area (Å²) >= 11 is 5.73. The third-order valence-corrected chi connectivity index (χ3v) is 2.42. The van der Waals surface area contributed by atoms with Gasteiger partial charge >= 0.3 is 0 Å². The highest BCUT2D eigenvalue weighted by molar-refractivity contribution is 6.28. The van der Waals surface area contributed by atoms with E-state index >= 15 is 0 Å². The zero-order valence-electron chi connectivity index (χ0n) is 8.58. The summed E-state index contributed by atoms with van der Waals surface area (Å²) in [7, 11) is 1.85. The molecule has 1 unspecified atom stereocenters. The molecule has 2 heterocycles. The van der Waals surface area contributed by atoms with Crippen LogP contribution in [-0.4, -0.2) is 7.05 Å². The SMILES string of the molecule is CNC(c1ccc(C)o1)c1ccc(Cl)o1. The van der Waals surface area contributed by atoms with Crippen LogP contribution in [0.2, 0.25) is 5.22 Å². The van der Waals surface area contributed by atoms with E-state index in [1.54, 1.807) is 6.07 Å². The average molecular weight is 226 g/mol. The molecule has 0 aromatic carbocycles. The number of hydrogen-bond acceptors (Lipinski definition) is 3. The lowest BCUT2D eigenvalue weighted by atomic mass is 10.2. The van der Waals surface area contributed by atoms with Crippen LogP contribution >= 0.6 is 11.6 Å². The van der Waals surface area contributed by atoms with E-state index in [1.807, 2.05) is 32.2 Å². The van der Waals surface area contributed by atoms with Crippen LogP contribution in [0.25, 0.3) is 0 Å². The molecule has 0 bridgehead atoms. The molecule has 1 atom stereocenters. The van der Waals surface area contributed by atoms with E-state index in [2.05, 4.69) is 5.32 Å². The standard InChI is InChI=1S/C11H12ClNO2/c1-7-3-4-8(14-7)11(13-2)9-5-6-10(12)15-9/h3-6,11,13H,1-2H3. The fourth-order valence-corrected chi connectivity index (χ4v) is 1.67. The Morgan fingerprint density at radius 2 is 1.80 bits per heavy atom. The molecule has 4 heteroatoms. The summed E-state index contributed by atoms with van der Waals surface area (Å²) in [4.78, 5) is 0. The minimum Gasteiger partial charge on any atom is -0.464 e. The van der Waals surface area contributed by atoms with Crippen LogP contribution in [0.3, 0.4) is 0 Å². The molecule has 80 valence electrons. The molecular formula is C11H12ClNO2. The van der Waals surface area contributed by atoms with Crippen molar-refractivity contribution in [3.8, 4) is 0 Å². The van der Waals surface area contributed by atoms with E-state index in [-0.39, 0.29) is 6.04 Å². The lowest BCUT2D eigenvalue weighted by Gasteiger charge is -2.09. The van der Waals surface area contributed by atoms with E-state index in [0.29, 0.717) is 5.22 Å². The van der Waals surface area contributed by atoms with Crippen molar-refractivity contribution in [1.29, 1.82) is 0 Å². The van der Waals surface area contributed by atoms with Gasteiger partial charge in [0.1, 0.15) is 23.3 Å². The summed E-state index contributed by atoms with van der Waals surface area (Å²) in [5.41, 5.74) is 0. The molecule has 0 fully saturated rings. The molecule has 2 aromatic rings. The monoisotopic (exact) mass is 225 g/mol. The second-order valence-corrected chi connectivity index (χ2v) is 3.68. The van der Waals surface area contributed by atoms with Gasteiger partial charge in [-0.1, -0.05) is 0 Å². The molecule has 3 nitrogen and oxygen atoms in total. The number of nitrogens with one attached hydrogen (secondary N) is 1. The molecule has 0 spiro atoms. The molecule has 2 aromatic heterocycles. The molecule has 0 saturated carbocycles. The molecule has 0 aliphatic heterocycles. The van der Waals surface area contributed by atoms with Crippen LogP contribution in [0.1, 0.15) is 23.3 Å². The molecule has 0 aliphatic carbocycles. The van der Waals surface area contributed by atoms with Gasteiger partial charge in [0, 0.05) is 0 Å². The number of hydrogen-bond donors (Lipinski definition) is 1. The molecule has 15 heavy (non-hydrogen) atoms. The molecule has 2 rings (SSSR count). The maximum atomic E-state index is 5.73. The van der Waals surface area contributed by atoms with Crippen molar-refractivity contribution in [3.63, 3.8) is 0 Å². The summed E-state index contributed by atoms with van der Waals surface area (Å²) in [6, 6.07) is 7.31. The quantitative estimate of drug-likeness (QED) is 0.872. The third-order valence-electron chi connectivity index (χ3n) is 2.21. The van der Waals surface area contributed by atoms with Gasteiger partial charge < -0.3 is 14.2 Å². The molecular weight excluding hydrogens is 214 g/mol. The number of furan rings is 2. The van der Waals surface area contributed by atoms with Gasteiger partial charge in [-0.05, 0) is 49.8 Å². The predicted molar refractivity (Wildman–Crippen MR) is 58.1 cm³/mol. The van der Waals surface area contributed by atoms with E-state index in [9.17, 15) is 0 Å². The van der Waals surface area contributed by atoms with Crippen LogP contribution in [0.15, 0.2) is 33.1 Å². The second-order valence-electron chi connectivity index (χ2n) is 3.31. The van der Waals surface area contributed by atoms with E-state index in [1.165, 1.54) is 0 Å². The maximum absolute atomic E-state index is 5.73. The number of halogens is 1. The van der Waals surface area contributed by atoms with Crippen LogP contribution in [-0.2, 0) is 0 Å². The van der Waals surface area contributed by atoms with Crippen molar-refractivity contribution < 1.29 is 8.83 Å². The maximum Gasteiger partial charge on any atom is 0.193 e. The number of rotatable bonds is 3. The van der Waals surface area contributed by atoms with Crippen molar-refractivity contribution in [2.75, 3.05) is 7.05 Å². The van der Waals surface area contributed by atoms with Gasteiger partial charge in [-0.25, -0.2) is 0 Å². The minimum absolute atomic E-state index is 0.0915. The third kappa shape index (κ3) is 2.08. The normalized spacial score (nSPS) is 13.0. The van der Waals surface area contributed by atoms with E-state index in [4.69, 9.17) is 20.4 Å². The summed E-state index contributed by atoms with van der Waals surface area (Å²) in [5.74, 6) is 2.45. The second kappa shape index (κ2) is 4.13. The molecule has 0 saturated heterocycles. The predicted octanol–water partition coefficient (Wildman–Crippen LogP) is 3.14. The van der Waals surface area contributed by atoms with Gasteiger partial charge in [0.25, 0.3) is 0 Å². The molecule has 0 amide bonds. The van der Waals surface area contributed by atoms with Crippen molar-refractivity contribution in [1.82, 2.24) is 5.32 Å². The zero-order chi connectivity index (χ0) is 10.8. The summed E-state index contributed by atoms with van der Waals surface area (Å²) in [6.45, 7) is 1.91. The summed E-state index contributed by atoms with van der Waals surface area (Å²) < 4.78 is 10.9. The highest BCUT2D eigenvalue weighted by atomic mass is 35.5. The van der Waals surface area contributed by atoms with Gasteiger partial charge in [-0.2, -0.15) is 0 Å². The van der Waals surface area contributed by atoms with Crippen LogP contribution < -0.4 is 5.32 Å². The Bertz CT molecular complexity index is 407. The van der Waals surface area contributed by atoms with E-state index in [0.717, 1.165) is 17.3 Å². The highest BCUT2D eigenvalue weighted by Crippen LogP contribution is 2.26. The first-order chi connectivity index (χ1) is 7.20. The topological polar surface area (TPSA) is 38.3 Å². The zero-order valence-corrected chi connectivity index (χ0v) is 9.34. The van der Waals surface area contributed by atoms with Gasteiger partial charge in [-0.3, -0.25) is 0 Å². The highest BCUT2D eigenvalue weighted by Gasteiger charge is 2.18. The fourth-order valence-electron chi connectivity index (χ4n) is 1.52. The lowest BCUT2D eigenvalue weighted by molar-refractivity contribution is 0.395. The lowest BCUT2D eigenvalue weighted by Crippen LogP contribution is -2.16. The fraction of sp³-hybridized carbons (Fsp3) is 0.273. The number of aryl methyl sites for hydroxylation is 1. The van der Waals surface area contributed by atoms with Crippen LogP contribution in [0.4, 0.5) is 0 Å². The molecule has 0 radical (unpaired) electrons. The van der Waals surface area contributed by atoms with Crippen LogP contribution in [0.5, 0.6) is 0 Å². The smallest absolute Gasteiger partial charge is 0.193 e. The first kappa shape index (κ1) is 10.3. The largest absolute Gasteiger partial charge is 0.464 e. The molecule has 0 aliphatic rings. The summed E-state index contributed by atoms with van der Waals surface area (Å²) in [5, 5.41) is 3.50. The van der Waals surface area contributed by atoms with Gasteiger partial charge in [-0.15, -0.1) is 0 Å². The summed E-state index contributed by atoms with van der Waals surface area (Å²) in [6.07, 6.45) is 0. The Labute approximate surface area is 93.0 Å². The van der Waals surface area contributed by atoms with Crippen molar-refractivity contribution in [3.05, 3.63) is 46.8 Å². The Kier molecular flexibility index (Phi) is 2.84. The van der Waals surface area contributed by atoms with Crippen molar-refractivity contribution in [2.24, 2.45) is 0 Å². The Balaban J connectivity index is 2.32. The Morgan fingerprint density at radius 3 is 2.27 bits per heavy atom. The van der Waals surface area contributed by atoms with Crippen molar-refractivity contribution >= 4 is 11.6 Å². The minimum atomic E-state index is -0.0915.